The summed E-state index contributed by atoms with van der Waals surface area (Å²) in [5, 5.41) is 6.32. The van der Waals surface area contributed by atoms with E-state index in [2.05, 4.69) is 15.1 Å². The van der Waals surface area contributed by atoms with Crippen LogP contribution in [0.25, 0.3) is 11.3 Å². The van der Waals surface area contributed by atoms with Crippen LogP contribution in [0.1, 0.15) is 12.6 Å². The molecule has 0 radical (unpaired) electrons. The lowest BCUT2D eigenvalue weighted by Crippen LogP contribution is -2.12. The Hall–Kier alpha value is -2.60. The maximum Gasteiger partial charge on any atom is 0.206 e. The molecular weight excluding hydrogens is 311 g/mol. The molecule has 0 aliphatic heterocycles. The standard InChI is InChI=1S/C17H15FN4S/c1-2-19-17-22(21-11-13-7-5-6-10-20-13)16(12-23-17)14-8-3-4-9-15(14)18/h3-12H,2H2,1H3. The van der Waals surface area contributed by atoms with Crippen LogP contribution in [0.4, 0.5) is 4.39 Å². The van der Waals surface area contributed by atoms with Crippen LogP contribution in [0, 0.1) is 5.82 Å². The van der Waals surface area contributed by atoms with Gasteiger partial charge in [0.2, 0.25) is 4.80 Å². The Bertz CT molecular complexity index is 881. The van der Waals surface area contributed by atoms with Gasteiger partial charge < -0.3 is 0 Å². The molecule has 0 amide bonds. The first-order valence-corrected chi connectivity index (χ1v) is 8.09. The minimum Gasteiger partial charge on any atom is -0.258 e. The number of hydrogen-bond donors (Lipinski definition) is 0. The van der Waals surface area contributed by atoms with Gasteiger partial charge >= 0.3 is 0 Å². The molecule has 2 heterocycles. The Morgan fingerprint density at radius 2 is 2.04 bits per heavy atom. The molecule has 3 rings (SSSR count). The summed E-state index contributed by atoms with van der Waals surface area (Å²) in [5.41, 5.74) is 1.90. The minimum absolute atomic E-state index is 0.282. The lowest BCUT2D eigenvalue weighted by atomic mass is 10.1. The third-order valence-corrected chi connectivity index (χ3v) is 3.98. The fraction of sp³-hybridized carbons (Fsp3) is 0.118. The first-order valence-electron chi connectivity index (χ1n) is 7.21. The Labute approximate surface area is 137 Å². The van der Waals surface area contributed by atoms with E-state index in [0.717, 1.165) is 10.5 Å². The van der Waals surface area contributed by atoms with Gasteiger partial charge in [0.1, 0.15) is 5.82 Å². The Morgan fingerprint density at radius 3 is 2.78 bits per heavy atom. The summed E-state index contributed by atoms with van der Waals surface area (Å²) in [6.45, 7) is 2.59. The van der Waals surface area contributed by atoms with Crippen molar-refractivity contribution >= 4 is 17.6 Å². The summed E-state index contributed by atoms with van der Waals surface area (Å²) in [5.74, 6) is -0.282. The van der Waals surface area contributed by atoms with Crippen molar-refractivity contribution < 1.29 is 4.39 Å². The zero-order valence-electron chi connectivity index (χ0n) is 12.6. The van der Waals surface area contributed by atoms with E-state index in [9.17, 15) is 4.39 Å². The molecule has 3 aromatic rings. The van der Waals surface area contributed by atoms with Crippen LogP contribution >= 0.6 is 11.3 Å². The van der Waals surface area contributed by atoms with Crippen molar-refractivity contribution in [2.24, 2.45) is 10.1 Å². The van der Waals surface area contributed by atoms with Gasteiger partial charge in [0.15, 0.2) is 0 Å². The summed E-state index contributed by atoms with van der Waals surface area (Å²) >= 11 is 1.43. The average Bonchev–Trinajstić information content (AvgIpc) is 2.97. The topological polar surface area (TPSA) is 42.5 Å². The second kappa shape index (κ2) is 7.11. The van der Waals surface area contributed by atoms with Crippen molar-refractivity contribution in [1.82, 2.24) is 9.66 Å². The van der Waals surface area contributed by atoms with Gasteiger partial charge in [0.25, 0.3) is 0 Å². The number of pyridine rings is 1. The SMILES string of the molecule is CCN=c1scc(-c2ccccc2F)n1N=Cc1ccccn1. The smallest absolute Gasteiger partial charge is 0.206 e. The van der Waals surface area contributed by atoms with Gasteiger partial charge in [-0.15, -0.1) is 11.3 Å². The Morgan fingerprint density at radius 1 is 1.22 bits per heavy atom. The molecule has 0 unspecified atom stereocenters. The lowest BCUT2D eigenvalue weighted by Gasteiger charge is -2.04. The highest BCUT2D eigenvalue weighted by Gasteiger charge is 2.11. The molecule has 0 saturated heterocycles. The van der Waals surface area contributed by atoms with Gasteiger partial charge in [-0.1, -0.05) is 18.2 Å². The highest BCUT2D eigenvalue weighted by molar-refractivity contribution is 7.07. The molecule has 0 saturated carbocycles. The van der Waals surface area contributed by atoms with Crippen molar-refractivity contribution in [3.05, 3.63) is 70.4 Å². The number of halogens is 1. The van der Waals surface area contributed by atoms with Gasteiger partial charge in [-0.2, -0.15) is 5.10 Å². The van der Waals surface area contributed by atoms with Crippen molar-refractivity contribution in [3.63, 3.8) is 0 Å². The predicted molar refractivity (Wildman–Crippen MR) is 91.0 cm³/mol. The van der Waals surface area contributed by atoms with E-state index in [1.54, 1.807) is 35.3 Å². The van der Waals surface area contributed by atoms with E-state index in [0.29, 0.717) is 17.8 Å². The number of aromatic nitrogens is 2. The molecule has 0 bridgehead atoms. The molecule has 0 spiro atoms. The third-order valence-electron chi connectivity index (χ3n) is 3.12. The fourth-order valence-electron chi connectivity index (χ4n) is 2.08. The summed E-state index contributed by atoms with van der Waals surface area (Å²) in [7, 11) is 0. The molecule has 4 nitrogen and oxygen atoms in total. The Balaban J connectivity index is 2.11. The number of benzene rings is 1. The van der Waals surface area contributed by atoms with Crippen molar-refractivity contribution in [2.75, 3.05) is 6.54 Å². The lowest BCUT2D eigenvalue weighted by molar-refractivity contribution is 0.629. The second-order valence-corrected chi connectivity index (χ2v) is 5.51. The zero-order chi connectivity index (χ0) is 16.1. The molecule has 0 fully saturated rings. The maximum absolute atomic E-state index is 14.1. The van der Waals surface area contributed by atoms with E-state index in [-0.39, 0.29) is 5.82 Å². The van der Waals surface area contributed by atoms with E-state index >= 15 is 0 Å². The predicted octanol–water partition coefficient (Wildman–Crippen LogP) is 3.55. The monoisotopic (exact) mass is 326 g/mol. The average molecular weight is 326 g/mol. The van der Waals surface area contributed by atoms with Gasteiger partial charge in [-0.3, -0.25) is 9.98 Å². The van der Waals surface area contributed by atoms with Crippen LogP contribution in [-0.4, -0.2) is 22.4 Å². The molecule has 2 aromatic heterocycles. The molecule has 0 aliphatic rings. The first kappa shape index (κ1) is 15.3. The molecule has 1 aromatic carbocycles. The van der Waals surface area contributed by atoms with Crippen molar-refractivity contribution in [1.29, 1.82) is 0 Å². The van der Waals surface area contributed by atoms with E-state index in [4.69, 9.17) is 0 Å². The third kappa shape index (κ3) is 3.43. The van der Waals surface area contributed by atoms with Gasteiger partial charge in [0, 0.05) is 23.7 Å². The van der Waals surface area contributed by atoms with E-state index < -0.39 is 0 Å². The quantitative estimate of drug-likeness (QED) is 0.676. The first-order chi connectivity index (χ1) is 11.3. The molecule has 23 heavy (non-hydrogen) atoms. The fourth-order valence-corrected chi connectivity index (χ4v) is 2.97. The van der Waals surface area contributed by atoms with Crippen LogP contribution in [0.15, 0.2) is 64.1 Å². The number of rotatable bonds is 4. The van der Waals surface area contributed by atoms with Crippen LogP contribution in [0.5, 0.6) is 0 Å². The molecule has 0 N–H and O–H groups in total. The van der Waals surface area contributed by atoms with E-state index in [1.807, 2.05) is 30.5 Å². The van der Waals surface area contributed by atoms with Crippen molar-refractivity contribution in [3.8, 4) is 11.3 Å². The minimum atomic E-state index is -0.282. The number of hydrogen-bond acceptors (Lipinski definition) is 4. The van der Waals surface area contributed by atoms with E-state index in [1.165, 1.54) is 17.4 Å². The second-order valence-electron chi connectivity index (χ2n) is 4.67. The number of thiazole rings is 1. The Kier molecular flexibility index (Phi) is 4.73. The van der Waals surface area contributed by atoms with Crippen LogP contribution < -0.4 is 4.80 Å². The normalized spacial score (nSPS) is 12.2. The summed E-state index contributed by atoms with van der Waals surface area (Å²) in [6, 6.07) is 12.2. The highest BCUT2D eigenvalue weighted by Crippen LogP contribution is 2.23. The summed E-state index contributed by atoms with van der Waals surface area (Å²) in [6.07, 6.45) is 3.35. The van der Waals surface area contributed by atoms with Gasteiger partial charge in [-0.25, -0.2) is 9.07 Å². The molecular formula is C17H15FN4S. The summed E-state index contributed by atoms with van der Waals surface area (Å²) in [4.78, 5) is 9.35. The summed E-state index contributed by atoms with van der Waals surface area (Å²) < 4.78 is 15.8. The zero-order valence-corrected chi connectivity index (χ0v) is 13.4. The van der Waals surface area contributed by atoms with Crippen molar-refractivity contribution in [2.45, 2.75) is 6.92 Å². The molecule has 116 valence electrons. The molecule has 6 heteroatoms. The van der Waals surface area contributed by atoms with Crippen LogP contribution in [0.2, 0.25) is 0 Å². The largest absolute Gasteiger partial charge is 0.258 e. The van der Waals surface area contributed by atoms with Crippen LogP contribution in [-0.2, 0) is 0 Å². The van der Waals surface area contributed by atoms with Gasteiger partial charge in [0.05, 0.1) is 17.6 Å². The van der Waals surface area contributed by atoms with Crippen LogP contribution in [0.3, 0.4) is 0 Å². The number of nitrogens with zero attached hydrogens (tertiary/aromatic N) is 4. The highest BCUT2D eigenvalue weighted by atomic mass is 32.1. The molecule has 0 aliphatic carbocycles. The van der Waals surface area contributed by atoms with Gasteiger partial charge in [-0.05, 0) is 31.2 Å². The maximum atomic E-state index is 14.1. The molecule has 0 atom stereocenters.